The quantitative estimate of drug-likeness (QED) is 0.357. The summed E-state index contributed by atoms with van der Waals surface area (Å²) in [7, 11) is 0. The van der Waals surface area contributed by atoms with E-state index in [0.29, 0.717) is 5.56 Å². The second-order valence-electron chi connectivity index (χ2n) is 4.86. The first kappa shape index (κ1) is 17.9. The zero-order chi connectivity index (χ0) is 17.5. The number of halogens is 7. The highest BCUT2D eigenvalue weighted by Gasteiger charge is 2.81. The number of cyclic esters (lactones) is 1. The summed E-state index contributed by atoms with van der Waals surface area (Å²) < 4.78 is 82.6. The molecule has 1 aliphatic rings. The van der Waals surface area contributed by atoms with Crippen LogP contribution >= 0.6 is 11.6 Å². The second-order valence-corrected chi connectivity index (χ2v) is 5.09. The molecule has 1 saturated heterocycles. The van der Waals surface area contributed by atoms with Gasteiger partial charge in [0.2, 0.25) is 0 Å². The molecule has 0 aromatic heterocycles. The summed E-state index contributed by atoms with van der Waals surface area (Å²) >= 11 is 5.32. The van der Waals surface area contributed by atoms with Gasteiger partial charge in [0, 0.05) is 0 Å². The molecule has 1 atom stereocenters. The number of carbonyl (C=O) groups excluding carboxylic acids is 1. The van der Waals surface area contributed by atoms with Gasteiger partial charge in [-0.2, -0.15) is 26.3 Å². The molecule has 1 aromatic rings. The van der Waals surface area contributed by atoms with E-state index in [1.807, 2.05) is 0 Å². The zero-order valence-corrected chi connectivity index (χ0v) is 12.0. The smallest absolute Gasteiger partial charge is 0.423 e. The third kappa shape index (κ3) is 2.87. The Bertz CT molecular complexity index is 560. The molecule has 0 unspecified atom stereocenters. The van der Waals surface area contributed by atoms with Gasteiger partial charge in [0.1, 0.15) is 6.04 Å². The number of rotatable bonds is 3. The van der Waals surface area contributed by atoms with E-state index in [1.165, 1.54) is 12.1 Å². The van der Waals surface area contributed by atoms with Crippen LogP contribution in [-0.2, 0) is 16.0 Å². The summed E-state index contributed by atoms with van der Waals surface area (Å²) in [5.41, 5.74) is -4.36. The predicted molar refractivity (Wildman–Crippen MR) is 67.4 cm³/mol. The Hall–Kier alpha value is -1.48. The molecule has 10 heteroatoms. The summed E-state index contributed by atoms with van der Waals surface area (Å²) in [5, 5.41) is 0. The van der Waals surface area contributed by atoms with Crippen molar-refractivity contribution in [1.29, 1.82) is 0 Å². The highest BCUT2D eigenvalue weighted by molar-refractivity contribution is 6.17. The van der Waals surface area contributed by atoms with E-state index >= 15 is 0 Å². The Labute approximate surface area is 131 Å². The van der Waals surface area contributed by atoms with E-state index in [1.54, 1.807) is 18.2 Å². The van der Waals surface area contributed by atoms with Gasteiger partial charge in [0.25, 0.3) is 0 Å². The van der Waals surface area contributed by atoms with E-state index in [4.69, 9.17) is 11.6 Å². The number of benzene rings is 1. The molecule has 0 aliphatic carbocycles. The van der Waals surface area contributed by atoms with Gasteiger partial charge in [0.05, 0.1) is 6.00 Å². The first-order valence-corrected chi connectivity index (χ1v) is 6.81. The molecule has 1 aromatic carbocycles. The maximum Gasteiger partial charge on any atom is 0.453 e. The summed E-state index contributed by atoms with van der Waals surface area (Å²) in [5.74, 6) is -1.62. The van der Waals surface area contributed by atoms with Gasteiger partial charge in [-0.3, -0.25) is 4.79 Å². The van der Waals surface area contributed by atoms with Crippen molar-refractivity contribution in [2.45, 2.75) is 30.5 Å². The molecule has 128 valence electrons. The third-order valence-corrected chi connectivity index (χ3v) is 3.73. The Morgan fingerprint density at radius 3 is 2.04 bits per heavy atom. The van der Waals surface area contributed by atoms with Crippen molar-refractivity contribution in [3.05, 3.63) is 35.9 Å². The van der Waals surface area contributed by atoms with E-state index in [-0.39, 0.29) is 11.3 Å². The maximum absolute atomic E-state index is 13.1. The lowest BCUT2D eigenvalue weighted by Gasteiger charge is -2.38. The van der Waals surface area contributed by atoms with Gasteiger partial charge in [-0.05, 0) is 12.0 Å². The second kappa shape index (κ2) is 5.86. The van der Waals surface area contributed by atoms with Crippen LogP contribution in [0.5, 0.6) is 0 Å². The van der Waals surface area contributed by atoms with E-state index in [9.17, 15) is 31.1 Å². The van der Waals surface area contributed by atoms with E-state index in [2.05, 4.69) is 4.74 Å². The fourth-order valence-corrected chi connectivity index (χ4v) is 2.75. The maximum atomic E-state index is 13.1. The van der Waals surface area contributed by atoms with Crippen LogP contribution in [0.1, 0.15) is 5.56 Å². The van der Waals surface area contributed by atoms with Gasteiger partial charge in [-0.25, -0.2) is 4.90 Å². The number of alkyl halides is 7. The average molecular weight is 362 g/mol. The fourth-order valence-electron chi connectivity index (χ4n) is 2.42. The number of ether oxygens (including phenoxy) is 1. The molecule has 23 heavy (non-hydrogen) atoms. The molecule has 2 rings (SSSR count). The molecule has 0 saturated carbocycles. The first-order chi connectivity index (χ1) is 10.5. The van der Waals surface area contributed by atoms with Crippen LogP contribution in [0.2, 0.25) is 0 Å². The van der Waals surface area contributed by atoms with Crippen molar-refractivity contribution in [3.8, 4) is 0 Å². The van der Waals surface area contributed by atoms with Crippen LogP contribution in [0.3, 0.4) is 0 Å². The SMILES string of the molecule is O=C1OC(C(F)(F)F)(C(F)(F)F)N(CCl)[C@H]1Cc1ccccc1. The van der Waals surface area contributed by atoms with E-state index in [0.717, 1.165) is 0 Å². The molecule has 1 fully saturated rings. The molecule has 3 nitrogen and oxygen atoms in total. The number of carbonyl (C=O) groups is 1. The number of nitrogens with zero attached hydrogens (tertiary/aromatic N) is 1. The van der Waals surface area contributed by atoms with Crippen molar-refractivity contribution < 1.29 is 35.9 Å². The molecule has 0 amide bonds. The molecule has 0 bridgehead atoms. The minimum Gasteiger partial charge on any atom is -0.423 e. The predicted octanol–water partition coefficient (Wildman–Crippen LogP) is 3.47. The summed E-state index contributed by atoms with van der Waals surface area (Å²) in [6.07, 6.45) is -12.2. The highest BCUT2D eigenvalue weighted by atomic mass is 35.5. The minimum atomic E-state index is -5.89. The van der Waals surface area contributed by atoms with Gasteiger partial charge in [-0.1, -0.05) is 30.3 Å². The molecular formula is C13H10ClF6NO2. The normalized spacial score (nSPS) is 22.2. The lowest BCUT2D eigenvalue weighted by atomic mass is 10.0. The van der Waals surface area contributed by atoms with Crippen LogP contribution in [0.4, 0.5) is 26.3 Å². The molecular weight excluding hydrogens is 352 g/mol. The van der Waals surface area contributed by atoms with Gasteiger partial charge in [-0.15, -0.1) is 11.6 Å². The largest absolute Gasteiger partial charge is 0.453 e. The Morgan fingerprint density at radius 2 is 1.61 bits per heavy atom. The third-order valence-electron chi connectivity index (χ3n) is 3.47. The summed E-state index contributed by atoms with van der Waals surface area (Å²) in [6.45, 7) is 0. The zero-order valence-electron chi connectivity index (χ0n) is 11.3. The Kier molecular flexibility index (Phi) is 4.55. The lowest BCUT2D eigenvalue weighted by Crippen LogP contribution is -2.66. The van der Waals surface area contributed by atoms with Crippen LogP contribution in [0.15, 0.2) is 30.3 Å². The number of hydrogen-bond donors (Lipinski definition) is 0. The van der Waals surface area contributed by atoms with Crippen molar-refractivity contribution in [3.63, 3.8) is 0 Å². The van der Waals surface area contributed by atoms with Crippen molar-refractivity contribution in [1.82, 2.24) is 4.90 Å². The van der Waals surface area contributed by atoms with Gasteiger partial charge >= 0.3 is 24.0 Å². The standard InChI is InChI=1S/C13H10ClF6NO2/c14-7-21-9(6-8-4-2-1-3-5-8)10(22)23-11(21,12(15,16)17)13(18,19)20/h1-5,9H,6-7H2/t9-/m0/s1. The molecule has 0 spiro atoms. The molecule has 0 N–H and O–H groups in total. The van der Waals surface area contributed by atoms with Crippen molar-refractivity contribution in [2.75, 3.05) is 6.00 Å². The van der Waals surface area contributed by atoms with E-state index < -0.39 is 36.1 Å². The average Bonchev–Trinajstić information content (AvgIpc) is 2.73. The lowest BCUT2D eigenvalue weighted by molar-refractivity contribution is -0.399. The summed E-state index contributed by atoms with van der Waals surface area (Å²) in [4.78, 5) is 11.5. The molecule has 1 aliphatic heterocycles. The van der Waals surface area contributed by atoms with Crippen LogP contribution in [0, 0.1) is 0 Å². The monoisotopic (exact) mass is 361 g/mol. The minimum absolute atomic E-state index is 0.204. The van der Waals surface area contributed by atoms with Gasteiger partial charge in [0.15, 0.2) is 0 Å². The first-order valence-electron chi connectivity index (χ1n) is 6.27. The number of hydrogen-bond acceptors (Lipinski definition) is 3. The summed E-state index contributed by atoms with van der Waals surface area (Å²) in [6, 6.07) is 4.68. The van der Waals surface area contributed by atoms with Crippen molar-refractivity contribution in [2.24, 2.45) is 0 Å². The van der Waals surface area contributed by atoms with Crippen LogP contribution < -0.4 is 0 Å². The number of esters is 1. The topological polar surface area (TPSA) is 29.5 Å². The fraction of sp³-hybridized carbons (Fsp3) is 0.462. The highest BCUT2D eigenvalue weighted by Crippen LogP contribution is 2.52. The molecule has 1 heterocycles. The van der Waals surface area contributed by atoms with Crippen LogP contribution in [-0.4, -0.2) is 41.0 Å². The van der Waals surface area contributed by atoms with Crippen LogP contribution in [0.25, 0.3) is 0 Å². The Balaban J connectivity index is 2.46. The van der Waals surface area contributed by atoms with Gasteiger partial charge < -0.3 is 4.74 Å². The van der Waals surface area contributed by atoms with Crippen molar-refractivity contribution >= 4 is 17.6 Å². The molecule has 0 radical (unpaired) electrons. The Morgan fingerprint density at radius 1 is 1.09 bits per heavy atom.